The average Bonchev–Trinajstić information content (AvgIpc) is 2.90. The van der Waals surface area contributed by atoms with Gasteiger partial charge in [0.2, 0.25) is 0 Å². The van der Waals surface area contributed by atoms with Gasteiger partial charge in [-0.2, -0.15) is 0 Å². The summed E-state index contributed by atoms with van der Waals surface area (Å²) in [7, 11) is 4.35. The second kappa shape index (κ2) is 8.24. The standard InChI is InChI=1S/C32H26N2/c1-33-29-19-11-18-27(20-28(23-12-5-3-6-13-23)24-14-7-4-8-15-24)32(29)34(2)31-22-26-17-10-9-16-25(26)21-30(31)33/h3-22H,1-2H3. The summed E-state index contributed by atoms with van der Waals surface area (Å²) in [4.78, 5) is 4.66. The second-order valence-electron chi connectivity index (χ2n) is 8.81. The van der Waals surface area contributed by atoms with Gasteiger partial charge in [0, 0.05) is 19.7 Å². The monoisotopic (exact) mass is 438 g/mol. The van der Waals surface area contributed by atoms with E-state index in [1.54, 1.807) is 0 Å². The molecule has 1 aliphatic heterocycles. The fourth-order valence-corrected chi connectivity index (χ4v) is 5.03. The lowest BCUT2D eigenvalue weighted by molar-refractivity contribution is 1.10. The first kappa shape index (κ1) is 20.3. The number of para-hydroxylation sites is 1. The average molecular weight is 439 g/mol. The van der Waals surface area contributed by atoms with Crippen LogP contribution in [-0.4, -0.2) is 14.1 Å². The van der Waals surface area contributed by atoms with E-state index in [9.17, 15) is 0 Å². The van der Waals surface area contributed by atoms with Crippen molar-refractivity contribution >= 4 is 45.2 Å². The molecule has 0 amide bonds. The molecule has 0 bridgehead atoms. The number of nitrogens with zero attached hydrogens (tertiary/aromatic N) is 2. The summed E-state index contributed by atoms with van der Waals surface area (Å²) in [6, 6.07) is 41.1. The maximum atomic E-state index is 2.34. The van der Waals surface area contributed by atoms with Crippen LogP contribution in [0.4, 0.5) is 22.7 Å². The van der Waals surface area contributed by atoms with Crippen molar-refractivity contribution in [2.45, 2.75) is 0 Å². The second-order valence-corrected chi connectivity index (χ2v) is 8.81. The maximum absolute atomic E-state index is 2.34. The molecule has 0 saturated carbocycles. The van der Waals surface area contributed by atoms with Crippen LogP contribution in [0.2, 0.25) is 0 Å². The molecule has 34 heavy (non-hydrogen) atoms. The Morgan fingerprint density at radius 2 is 1.06 bits per heavy atom. The SMILES string of the molecule is CN1c2cc3ccccc3cc2N(C)c2c(C=C(c3ccccc3)c3ccccc3)cccc21. The third-order valence-corrected chi connectivity index (χ3v) is 6.78. The number of anilines is 4. The van der Waals surface area contributed by atoms with Gasteiger partial charge in [-0.05, 0) is 51.7 Å². The zero-order chi connectivity index (χ0) is 23.1. The minimum absolute atomic E-state index is 1.20. The molecule has 0 radical (unpaired) electrons. The van der Waals surface area contributed by atoms with Crippen molar-refractivity contribution in [2.24, 2.45) is 0 Å². The summed E-state index contributed by atoms with van der Waals surface area (Å²) in [5, 5.41) is 2.52. The molecular weight excluding hydrogens is 412 g/mol. The number of hydrogen-bond acceptors (Lipinski definition) is 2. The molecule has 0 N–H and O–H groups in total. The fraction of sp³-hybridized carbons (Fsp3) is 0.0625. The van der Waals surface area contributed by atoms with E-state index in [0.29, 0.717) is 0 Å². The Bertz CT molecular complexity index is 1480. The van der Waals surface area contributed by atoms with Crippen LogP contribution in [0.3, 0.4) is 0 Å². The van der Waals surface area contributed by atoms with Gasteiger partial charge in [0.25, 0.3) is 0 Å². The molecule has 2 heteroatoms. The highest BCUT2D eigenvalue weighted by molar-refractivity contribution is 6.04. The first-order valence-corrected chi connectivity index (χ1v) is 11.7. The lowest BCUT2D eigenvalue weighted by atomic mass is 9.94. The van der Waals surface area contributed by atoms with Crippen LogP contribution in [0.25, 0.3) is 22.4 Å². The van der Waals surface area contributed by atoms with Crippen molar-refractivity contribution in [3.8, 4) is 0 Å². The van der Waals surface area contributed by atoms with Crippen molar-refractivity contribution in [1.29, 1.82) is 0 Å². The van der Waals surface area contributed by atoms with Gasteiger partial charge in [-0.25, -0.2) is 0 Å². The quantitative estimate of drug-likeness (QED) is 0.262. The molecule has 0 aliphatic carbocycles. The van der Waals surface area contributed by atoms with Gasteiger partial charge >= 0.3 is 0 Å². The van der Waals surface area contributed by atoms with E-state index in [1.807, 2.05) is 0 Å². The largest absolute Gasteiger partial charge is 0.341 e. The smallest absolute Gasteiger partial charge is 0.0723 e. The van der Waals surface area contributed by atoms with Gasteiger partial charge < -0.3 is 9.80 Å². The molecule has 0 atom stereocenters. The molecule has 5 aromatic carbocycles. The van der Waals surface area contributed by atoms with Crippen LogP contribution in [0.5, 0.6) is 0 Å². The van der Waals surface area contributed by atoms with Crippen molar-refractivity contribution in [3.63, 3.8) is 0 Å². The Balaban J connectivity index is 1.56. The molecule has 5 aromatic rings. The lowest BCUT2D eigenvalue weighted by Gasteiger charge is -2.38. The van der Waals surface area contributed by atoms with E-state index in [4.69, 9.17) is 0 Å². The van der Waals surface area contributed by atoms with Crippen LogP contribution in [0.15, 0.2) is 115 Å². The van der Waals surface area contributed by atoms with Gasteiger partial charge in [-0.3, -0.25) is 0 Å². The zero-order valence-electron chi connectivity index (χ0n) is 19.4. The highest BCUT2D eigenvalue weighted by atomic mass is 15.2. The number of benzene rings is 5. The molecule has 0 unspecified atom stereocenters. The predicted octanol–water partition coefficient (Wildman–Crippen LogP) is 8.28. The van der Waals surface area contributed by atoms with Crippen LogP contribution >= 0.6 is 0 Å². The van der Waals surface area contributed by atoms with E-state index < -0.39 is 0 Å². The lowest BCUT2D eigenvalue weighted by Crippen LogP contribution is -2.25. The third kappa shape index (κ3) is 3.36. The molecule has 1 aliphatic rings. The first-order chi connectivity index (χ1) is 16.7. The first-order valence-electron chi connectivity index (χ1n) is 11.7. The maximum Gasteiger partial charge on any atom is 0.0723 e. The Hall–Kier alpha value is -4.30. The van der Waals surface area contributed by atoms with Gasteiger partial charge in [-0.15, -0.1) is 0 Å². The topological polar surface area (TPSA) is 6.48 Å². The number of hydrogen-bond donors (Lipinski definition) is 0. The van der Waals surface area contributed by atoms with Crippen LogP contribution in [0, 0.1) is 0 Å². The Morgan fingerprint density at radius 3 is 1.65 bits per heavy atom. The molecular formula is C32H26N2. The van der Waals surface area contributed by atoms with Crippen molar-refractivity contribution < 1.29 is 0 Å². The van der Waals surface area contributed by atoms with E-state index in [0.717, 1.165) is 0 Å². The Morgan fingerprint density at radius 1 is 0.529 bits per heavy atom. The van der Waals surface area contributed by atoms with Gasteiger partial charge in [0.05, 0.1) is 22.7 Å². The van der Waals surface area contributed by atoms with Crippen LogP contribution in [-0.2, 0) is 0 Å². The minimum atomic E-state index is 1.20. The van der Waals surface area contributed by atoms with E-state index >= 15 is 0 Å². The summed E-state index contributed by atoms with van der Waals surface area (Å²) in [5.74, 6) is 0. The van der Waals surface area contributed by atoms with Gasteiger partial charge in [0.1, 0.15) is 0 Å². The normalized spacial score (nSPS) is 12.3. The van der Waals surface area contributed by atoms with E-state index in [-0.39, 0.29) is 0 Å². The highest BCUT2D eigenvalue weighted by Gasteiger charge is 2.26. The van der Waals surface area contributed by atoms with Crippen LogP contribution < -0.4 is 9.80 Å². The van der Waals surface area contributed by atoms with E-state index in [2.05, 4.69) is 145 Å². The number of rotatable bonds is 3. The summed E-state index contributed by atoms with van der Waals surface area (Å²) in [6.07, 6.45) is 2.33. The molecule has 0 fully saturated rings. The van der Waals surface area contributed by atoms with Gasteiger partial charge in [-0.1, -0.05) is 97.1 Å². The van der Waals surface area contributed by atoms with Crippen molar-refractivity contribution in [2.75, 3.05) is 23.9 Å². The predicted molar refractivity (Wildman–Crippen MR) is 146 cm³/mol. The van der Waals surface area contributed by atoms with Crippen molar-refractivity contribution in [3.05, 3.63) is 132 Å². The summed E-state index contributed by atoms with van der Waals surface area (Å²) >= 11 is 0. The third-order valence-electron chi connectivity index (χ3n) is 6.78. The zero-order valence-corrected chi connectivity index (χ0v) is 19.4. The molecule has 0 saturated heterocycles. The molecule has 2 nitrogen and oxygen atoms in total. The summed E-state index contributed by atoms with van der Waals surface area (Å²) in [5.41, 5.74) is 9.71. The van der Waals surface area contributed by atoms with Gasteiger partial charge in [0.15, 0.2) is 0 Å². The molecule has 0 aromatic heterocycles. The number of fused-ring (bicyclic) bond motifs is 3. The highest BCUT2D eigenvalue weighted by Crippen LogP contribution is 2.49. The van der Waals surface area contributed by atoms with Crippen LogP contribution in [0.1, 0.15) is 16.7 Å². The van der Waals surface area contributed by atoms with E-state index in [1.165, 1.54) is 55.8 Å². The molecule has 0 spiro atoms. The molecule has 164 valence electrons. The minimum Gasteiger partial charge on any atom is -0.341 e. The summed E-state index contributed by atoms with van der Waals surface area (Å²) in [6.45, 7) is 0. The Kier molecular flexibility index (Phi) is 4.92. The Labute approximate surface area is 201 Å². The fourth-order valence-electron chi connectivity index (χ4n) is 5.03. The summed E-state index contributed by atoms with van der Waals surface area (Å²) < 4.78 is 0. The molecule has 1 heterocycles. The molecule has 6 rings (SSSR count). The van der Waals surface area contributed by atoms with Crippen molar-refractivity contribution in [1.82, 2.24) is 0 Å².